The van der Waals surface area contributed by atoms with Crippen molar-refractivity contribution in [3.63, 3.8) is 0 Å². The predicted octanol–water partition coefficient (Wildman–Crippen LogP) is 5.08. The second-order valence-corrected chi connectivity index (χ2v) is 7.01. The van der Waals surface area contributed by atoms with Crippen LogP contribution in [0.25, 0.3) is 0 Å². The smallest absolute Gasteiger partial charge is 0.403 e. The highest BCUT2D eigenvalue weighted by Crippen LogP contribution is 2.44. The van der Waals surface area contributed by atoms with Gasteiger partial charge in [0.25, 0.3) is 0 Å². The van der Waals surface area contributed by atoms with Gasteiger partial charge in [-0.2, -0.15) is 0 Å². The minimum atomic E-state index is -0.200. The molecule has 112 valence electrons. The van der Waals surface area contributed by atoms with E-state index < -0.39 is 0 Å². The summed E-state index contributed by atoms with van der Waals surface area (Å²) in [7, 11) is -0.0264. The summed E-state index contributed by atoms with van der Waals surface area (Å²) in [6, 6.07) is 0. The Morgan fingerprint density at radius 1 is 0.895 bits per heavy atom. The zero-order valence-corrected chi connectivity index (χ0v) is 14.1. The molecule has 1 aliphatic heterocycles. The summed E-state index contributed by atoms with van der Waals surface area (Å²) in [5, 5.41) is 0. The van der Waals surface area contributed by atoms with Crippen LogP contribution >= 0.6 is 0 Å². The van der Waals surface area contributed by atoms with Crippen LogP contribution in [0.15, 0.2) is 0 Å². The van der Waals surface area contributed by atoms with Crippen molar-refractivity contribution in [3.8, 4) is 0 Å². The molecule has 0 N–H and O–H groups in total. The fourth-order valence-electron chi connectivity index (χ4n) is 2.99. The van der Waals surface area contributed by atoms with Gasteiger partial charge in [-0.3, -0.25) is 0 Å². The molecule has 1 saturated heterocycles. The summed E-state index contributed by atoms with van der Waals surface area (Å²) in [5.74, 6) is 1.25. The SMILES string of the molecule is CCCCC(B1OC(C)(C)C(C)(C)O1)C(CC)CC. The second-order valence-electron chi connectivity index (χ2n) is 7.01. The first-order valence-corrected chi connectivity index (χ1v) is 8.14. The van der Waals surface area contributed by atoms with E-state index in [-0.39, 0.29) is 18.3 Å². The van der Waals surface area contributed by atoms with Gasteiger partial charge >= 0.3 is 7.12 Å². The number of rotatable bonds is 7. The summed E-state index contributed by atoms with van der Waals surface area (Å²) < 4.78 is 12.6. The Hall–Kier alpha value is -0.0151. The molecule has 0 amide bonds. The molecule has 19 heavy (non-hydrogen) atoms. The monoisotopic (exact) mass is 268 g/mol. The molecular weight excluding hydrogens is 235 g/mol. The van der Waals surface area contributed by atoms with E-state index in [4.69, 9.17) is 9.31 Å². The fraction of sp³-hybridized carbons (Fsp3) is 1.00. The normalized spacial score (nSPS) is 23.1. The first-order valence-electron chi connectivity index (χ1n) is 8.14. The van der Waals surface area contributed by atoms with E-state index in [0.717, 1.165) is 0 Å². The second kappa shape index (κ2) is 6.63. The van der Waals surface area contributed by atoms with Gasteiger partial charge in [-0.05, 0) is 39.4 Å². The minimum absolute atomic E-state index is 0.0264. The molecule has 0 aromatic heterocycles. The van der Waals surface area contributed by atoms with Gasteiger partial charge in [0.15, 0.2) is 0 Å². The Morgan fingerprint density at radius 3 is 1.74 bits per heavy atom. The van der Waals surface area contributed by atoms with Crippen LogP contribution in [-0.2, 0) is 9.31 Å². The third-order valence-electron chi connectivity index (χ3n) is 5.17. The highest BCUT2D eigenvalue weighted by molar-refractivity contribution is 6.47. The van der Waals surface area contributed by atoms with Crippen molar-refractivity contribution in [3.05, 3.63) is 0 Å². The first kappa shape index (κ1) is 17.0. The summed E-state index contributed by atoms with van der Waals surface area (Å²) in [4.78, 5) is 0. The van der Waals surface area contributed by atoms with E-state index >= 15 is 0 Å². The minimum Gasteiger partial charge on any atom is -0.403 e. The molecule has 1 aliphatic rings. The van der Waals surface area contributed by atoms with Gasteiger partial charge in [0.1, 0.15) is 0 Å². The van der Waals surface area contributed by atoms with Gasteiger partial charge in [0, 0.05) is 0 Å². The Balaban J connectivity index is 2.82. The van der Waals surface area contributed by atoms with Gasteiger partial charge in [-0.1, -0.05) is 52.9 Å². The summed E-state index contributed by atoms with van der Waals surface area (Å²) in [5.41, 5.74) is -0.400. The van der Waals surface area contributed by atoms with Crippen LogP contribution in [0.1, 0.15) is 80.6 Å². The largest absolute Gasteiger partial charge is 0.461 e. The molecule has 0 bridgehead atoms. The van der Waals surface area contributed by atoms with Crippen molar-refractivity contribution < 1.29 is 9.31 Å². The van der Waals surface area contributed by atoms with Crippen LogP contribution in [0.4, 0.5) is 0 Å². The topological polar surface area (TPSA) is 18.5 Å². The molecule has 0 aromatic carbocycles. The molecule has 0 saturated carbocycles. The number of hydrogen-bond acceptors (Lipinski definition) is 2. The molecular formula is C16H33BO2. The van der Waals surface area contributed by atoms with Crippen LogP contribution in [0.3, 0.4) is 0 Å². The maximum Gasteiger partial charge on any atom is 0.461 e. The number of unbranched alkanes of at least 4 members (excludes halogenated alkanes) is 1. The summed E-state index contributed by atoms with van der Waals surface area (Å²) >= 11 is 0. The summed E-state index contributed by atoms with van der Waals surface area (Å²) in [6.07, 6.45) is 6.17. The van der Waals surface area contributed by atoms with Crippen molar-refractivity contribution in [1.82, 2.24) is 0 Å². The van der Waals surface area contributed by atoms with Crippen molar-refractivity contribution >= 4 is 7.12 Å². The molecule has 1 atom stereocenters. The Labute approximate surface area is 120 Å². The zero-order valence-electron chi connectivity index (χ0n) is 14.1. The van der Waals surface area contributed by atoms with Crippen LogP contribution in [0.2, 0.25) is 5.82 Å². The van der Waals surface area contributed by atoms with Gasteiger partial charge in [-0.15, -0.1) is 0 Å². The van der Waals surface area contributed by atoms with Crippen molar-refractivity contribution in [2.45, 2.75) is 97.6 Å². The van der Waals surface area contributed by atoms with E-state index in [2.05, 4.69) is 48.5 Å². The third kappa shape index (κ3) is 3.75. The van der Waals surface area contributed by atoms with E-state index in [1.807, 2.05) is 0 Å². The lowest BCUT2D eigenvalue weighted by atomic mass is 9.61. The molecule has 1 fully saturated rings. The van der Waals surface area contributed by atoms with E-state index in [1.165, 1.54) is 32.1 Å². The van der Waals surface area contributed by atoms with Gasteiger partial charge in [-0.25, -0.2) is 0 Å². The van der Waals surface area contributed by atoms with E-state index in [1.54, 1.807) is 0 Å². The highest BCUT2D eigenvalue weighted by atomic mass is 16.7. The lowest BCUT2D eigenvalue weighted by Gasteiger charge is -2.32. The molecule has 0 radical (unpaired) electrons. The molecule has 1 unspecified atom stereocenters. The van der Waals surface area contributed by atoms with E-state index in [0.29, 0.717) is 11.7 Å². The van der Waals surface area contributed by atoms with Gasteiger partial charge in [0.2, 0.25) is 0 Å². The van der Waals surface area contributed by atoms with Gasteiger partial charge < -0.3 is 9.31 Å². The van der Waals surface area contributed by atoms with Crippen molar-refractivity contribution in [2.24, 2.45) is 5.92 Å². The average molecular weight is 268 g/mol. The van der Waals surface area contributed by atoms with Crippen LogP contribution in [0.5, 0.6) is 0 Å². The molecule has 1 heterocycles. The first-order chi connectivity index (χ1) is 8.79. The Morgan fingerprint density at radius 2 is 1.37 bits per heavy atom. The quantitative estimate of drug-likeness (QED) is 0.600. The molecule has 3 heteroatoms. The molecule has 0 spiro atoms. The van der Waals surface area contributed by atoms with Crippen LogP contribution in [-0.4, -0.2) is 18.3 Å². The average Bonchev–Trinajstić information content (AvgIpc) is 2.53. The fourth-order valence-corrected chi connectivity index (χ4v) is 2.99. The summed E-state index contributed by atoms with van der Waals surface area (Å²) in [6.45, 7) is 15.4. The van der Waals surface area contributed by atoms with Crippen molar-refractivity contribution in [2.75, 3.05) is 0 Å². The maximum absolute atomic E-state index is 6.29. The molecule has 1 rings (SSSR count). The van der Waals surface area contributed by atoms with E-state index in [9.17, 15) is 0 Å². The highest BCUT2D eigenvalue weighted by Gasteiger charge is 2.54. The number of hydrogen-bond donors (Lipinski definition) is 0. The van der Waals surface area contributed by atoms with Crippen LogP contribution < -0.4 is 0 Å². The third-order valence-corrected chi connectivity index (χ3v) is 5.17. The molecule has 0 aromatic rings. The Kier molecular flexibility index (Phi) is 5.94. The molecule has 2 nitrogen and oxygen atoms in total. The van der Waals surface area contributed by atoms with Gasteiger partial charge in [0.05, 0.1) is 11.2 Å². The predicted molar refractivity (Wildman–Crippen MR) is 83.4 cm³/mol. The standard InChI is InChI=1S/C16H33BO2/c1-8-11-12-14(13(9-2)10-3)17-18-15(4,5)16(6,7)19-17/h13-14H,8-12H2,1-7H3. The van der Waals surface area contributed by atoms with Crippen LogP contribution in [0, 0.1) is 5.92 Å². The molecule has 0 aliphatic carbocycles. The lowest BCUT2D eigenvalue weighted by molar-refractivity contribution is 0.00578. The maximum atomic E-state index is 6.29. The Bertz CT molecular complexity index is 256. The lowest BCUT2D eigenvalue weighted by Crippen LogP contribution is -2.41. The van der Waals surface area contributed by atoms with Crippen molar-refractivity contribution in [1.29, 1.82) is 0 Å². The zero-order chi connectivity index (χ0) is 14.7.